The van der Waals surface area contributed by atoms with Crippen LogP contribution in [-0.4, -0.2) is 14.1 Å². The highest BCUT2D eigenvalue weighted by molar-refractivity contribution is 5.79. The van der Waals surface area contributed by atoms with Crippen LogP contribution in [0.15, 0.2) is 55.1 Å². The Labute approximate surface area is 108 Å². The minimum Gasteiger partial charge on any atom is -0.399 e. The zero-order valence-corrected chi connectivity index (χ0v) is 10.9. The lowest BCUT2D eigenvalue weighted by Crippen LogP contribution is -2.08. The fraction of sp³-hybridized carbons (Fsp3) is 0.125. The Bertz CT molecular complexity index is 536. The van der Waals surface area contributed by atoms with E-state index in [1.54, 1.807) is 0 Å². The second-order valence-corrected chi connectivity index (χ2v) is 4.54. The zero-order valence-electron chi connectivity index (χ0n) is 10.9. The van der Waals surface area contributed by atoms with Crippen molar-refractivity contribution in [2.45, 2.75) is 0 Å². The molecule has 2 nitrogen and oxygen atoms in total. The number of nitrogens with zero attached hydrogens (tertiary/aromatic N) is 1. The summed E-state index contributed by atoms with van der Waals surface area (Å²) in [6, 6.07) is 16.2. The van der Waals surface area contributed by atoms with E-state index in [1.807, 2.05) is 38.4 Å². The molecule has 2 aromatic carbocycles. The maximum atomic E-state index is 5.68. The van der Waals surface area contributed by atoms with Crippen molar-refractivity contribution in [3.63, 3.8) is 0 Å². The van der Waals surface area contributed by atoms with Crippen LogP contribution in [0.4, 0.5) is 11.4 Å². The van der Waals surface area contributed by atoms with Gasteiger partial charge in [0.25, 0.3) is 0 Å². The summed E-state index contributed by atoms with van der Waals surface area (Å²) in [7, 11) is 4.06. The molecule has 92 valence electrons. The van der Waals surface area contributed by atoms with Crippen LogP contribution in [-0.2, 0) is 0 Å². The fourth-order valence-electron chi connectivity index (χ4n) is 1.81. The summed E-state index contributed by atoms with van der Waals surface area (Å²) < 4.78 is 0. The van der Waals surface area contributed by atoms with Crippen molar-refractivity contribution in [1.82, 2.24) is 0 Å². The molecule has 0 aliphatic rings. The van der Waals surface area contributed by atoms with Gasteiger partial charge in [0.2, 0.25) is 0 Å². The van der Waals surface area contributed by atoms with Gasteiger partial charge in [-0.1, -0.05) is 30.8 Å². The lowest BCUT2D eigenvalue weighted by molar-refractivity contribution is 1.13. The topological polar surface area (TPSA) is 29.3 Å². The van der Waals surface area contributed by atoms with Crippen molar-refractivity contribution >= 4 is 16.9 Å². The van der Waals surface area contributed by atoms with Gasteiger partial charge in [0.1, 0.15) is 0 Å². The summed E-state index contributed by atoms with van der Waals surface area (Å²) in [5.41, 5.74) is 10.9. The van der Waals surface area contributed by atoms with E-state index in [-0.39, 0.29) is 0 Å². The van der Waals surface area contributed by atoms with Crippen LogP contribution >= 0.6 is 0 Å². The molecule has 0 heterocycles. The molecule has 0 aromatic heterocycles. The molecule has 2 rings (SSSR count). The van der Waals surface area contributed by atoms with Crippen LogP contribution in [0.1, 0.15) is 11.1 Å². The Morgan fingerprint density at radius 1 is 0.889 bits per heavy atom. The van der Waals surface area contributed by atoms with Gasteiger partial charge in [0, 0.05) is 25.5 Å². The Balaban J connectivity index is 2.26. The number of rotatable bonds is 3. The molecular weight excluding hydrogens is 220 g/mol. The van der Waals surface area contributed by atoms with Gasteiger partial charge >= 0.3 is 0 Å². The first kappa shape index (κ1) is 12.2. The van der Waals surface area contributed by atoms with E-state index in [4.69, 9.17) is 5.73 Å². The van der Waals surface area contributed by atoms with Crippen LogP contribution in [0.5, 0.6) is 0 Å². The first-order valence-corrected chi connectivity index (χ1v) is 5.90. The lowest BCUT2D eigenvalue weighted by Gasteiger charge is -2.13. The molecule has 0 radical (unpaired) electrons. The number of anilines is 2. The molecule has 0 unspecified atom stereocenters. The average Bonchev–Trinajstić information content (AvgIpc) is 2.39. The van der Waals surface area contributed by atoms with Gasteiger partial charge in [-0.3, -0.25) is 0 Å². The predicted octanol–water partition coefficient (Wildman–Crippen LogP) is 3.40. The van der Waals surface area contributed by atoms with E-state index in [0.29, 0.717) is 0 Å². The molecule has 0 aliphatic carbocycles. The molecule has 0 bridgehead atoms. The number of nitrogen functional groups attached to an aromatic ring is 1. The van der Waals surface area contributed by atoms with Crippen LogP contribution in [0, 0.1) is 0 Å². The van der Waals surface area contributed by atoms with Crippen molar-refractivity contribution in [3.05, 3.63) is 66.2 Å². The van der Waals surface area contributed by atoms with E-state index in [0.717, 1.165) is 22.4 Å². The SMILES string of the molecule is C=C(c1ccc(N)cc1)c1ccc(N(C)C)cc1. The van der Waals surface area contributed by atoms with E-state index in [2.05, 4.69) is 35.7 Å². The Hall–Kier alpha value is -2.22. The molecule has 0 spiro atoms. The summed E-state index contributed by atoms with van der Waals surface area (Å²) in [6.45, 7) is 4.14. The standard InChI is InChI=1S/C16H18N2/c1-12(13-4-8-15(17)9-5-13)14-6-10-16(11-7-14)18(2)3/h4-11H,1,17H2,2-3H3. The van der Waals surface area contributed by atoms with Crippen molar-refractivity contribution in [3.8, 4) is 0 Å². The second kappa shape index (κ2) is 4.96. The molecule has 18 heavy (non-hydrogen) atoms. The zero-order chi connectivity index (χ0) is 13.1. The predicted molar refractivity (Wildman–Crippen MR) is 79.8 cm³/mol. The fourth-order valence-corrected chi connectivity index (χ4v) is 1.81. The third-order valence-corrected chi connectivity index (χ3v) is 2.99. The molecule has 0 atom stereocenters. The molecule has 2 heteroatoms. The number of nitrogens with two attached hydrogens (primary N) is 1. The van der Waals surface area contributed by atoms with Gasteiger partial charge in [-0.2, -0.15) is 0 Å². The molecule has 2 aromatic rings. The van der Waals surface area contributed by atoms with Crippen LogP contribution in [0.3, 0.4) is 0 Å². The van der Waals surface area contributed by atoms with Gasteiger partial charge in [0.05, 0.1) is 0 Å². The van der Waals surface area contributed by atoms with E-state index < -0.39 is 0 Å². The monoisotopic (exact) mass is 238 g/mol. The largest absolute Gasteiger partial charge is 0.399 e. The third kappa shape index (κ3) is 2.54. The molecule has 0 saturated heterocycles. The highest BCUT2D eigenvalue weighted by Crippen LogP contribution is 2.24. The third-order valence-electron chi connectivity index (χ3n) is 2.99. The Morgan fingerprint density at radius 3 is 1.78 bits per heavy atom. The first-order valence-electron chi connectivity index (χ1n) is 5.90. The van der Waals surface area contributed by atoms with Gasteiger partial charge < -0.3 is 10.6 Å². The smallest absolute Gasteiger partial charge is 0.0361 e. The molecule has 0 saturated carbocycles. The summed E-state index contributed by atoms with van der Waals surface area (Å²) in [4.78, 5) is 2.08. The van der Waals surface area contributed by atoms with Gasteiger partial charge in [0.15, 0.2) is 0 Å². The molecule has 2 N–H and O–H groups in total. The van der Waals surface area contributed by atoms with Crippen LogP contribution in [0.2, 0.25) is 0 Å². The Kier molecular flexibility index (Phi) is 3.38. The molecular formula is C16H18N2. The number of hydrogen-bond acceptors (Lipinski definition) is 2. The summed E-state index contributed by atoms with van der Waals surface area (Å²) >= 11 is 0. The van der Waals surface area contributed by atoms with Crippen molar-refractivity contribution in [1.29, 1.82) is 0 Å². The minimum absolute atomic E-state index is 0.773. The van der Waals surface area contributed by atoms with Crippen molar-refractivity contribution in [2.75, 3.05) is 24.7 Å². The minimum atomic E-state index is 0.773. The molecule has 0 amide bonds. The van der Waals surface area contributed by atoms with Crippen molar-refractivity contribution < 1.29 is 0 Å². The lowest BCUT2D eigenvalue weighted by atomic mass is 9.99. The van der Waals surface area contributed by atoms with Crippen molar-refractivity contribution in [2.24, 2.45) is 0 Å². The van der Waals surface area contributed by atoms with E-state index in [1.165, 1.54) is 5.69 Å². The van der Waals surface area contributed by atoms with Gasteiger partial charge in [-0.05, 0) is 41.0 Å². The normalized spacial score (nSPS) is 10.1. The average molecular weight is 238 g/mol. The molecule has 0 fully saturated rings. The summed E-state index contributed by atoms with van der Waals surface area (Å²) in [5.74, 6) is 0. The van der Waals surface area contributed by atoms with Crippen LogP contribution < -0.4 is 10.6 Å². The Morgan fingerprint density at radius 2 is 1.33 bits per heavy atom. The summed E-state index contributed by atoms with van der Waals surface area (Å²) in [6.07, 6.45) is 0. The first-order chi connectivity index (χ1) is 8.58. The highest BCUT2D eigenvalue weighted by atomic mass is 15.1. The summed E-state index contributed by atoms with van der Waals surface area (Å²) in [5, 5.41) is 0. The number of benzene rings is 2. The molecule has 0 aliphatic heterocycles. The van der Waals surface area contributed by atoms with Gasteiger partial charge in [-0.15, -0.1) is 0 Å². The highest BCUT2D eigenvalue weighted by Gasteiger charge is 2.03. The maximum absolute atomic E-state index is 5.68. The van der Waals surface area contributed by atoms with Gasteiger partial charge in [-0.25, -0.2) is 0 Å². The number of hydrogen-bond donors (Lipinski definition) is 1. The second-order valence-electron chi connectivity index (χ2n) is 4.54. The van der Waals surface area contributed by atoms with E-state index in [9.17, 15) is 0 Å². The van der Waals surface area contributed by atoms with Crippen LogP contribution in [0.25, 0.3) is 5.57 Å². The quantitative estimate of drug-likeness (QED) is 0.830. The maximum Gasteiger partial charge on any atom is 0.0361 e. The van der Waals surface area contributed by atoms with E-state index >= 15 is 0 Å².